The zero-order valence-corrected chi connectivity index (χ0v) is 15.7. The summed E-state index contributed by atoms with van der Waals surface area (Å²) in [6.07, 6.45) is -3.94. The number of carbonyl (C=O) groups excluding carboxylic acids is 1. The van der Waals surface area contributed by atoms with E-state index in [0.717, 1.165) is 24.3 Å². The standard InChI is InChI=1S/C19H17ClF3NO4/c1-11(17(26-2)10-18(24)25)27-13-4-6-14(7-5-13)28-16-8-3-12(9-15(16)20)19(21,22)23/h3-11H,1-2H3,(H2,24,25). The van der Waals surface area contributed by atoms with Crippen LogP contribution in [0.15, 0.2) is 54.3 Å². The first-order valence-electron chi connectivity index (χ1n) is 7.96. The van der Waals surface area contributed by atoms with Crippen molar-refractivity contribution in [2.24, 2.45) is 5.73 Å². The maximum Gasteiger partial charge on any atom is 0.416 e. The lowest BCUT2D eigenvalue weighted by molar-refractivity contribution is -0.137. The number of carbonyl (C=O) groups is 1. The second-order valence-corrected chi connectivity index (χ2v) is 6.04. The third-order valence-corrected chi connectivity index (χ3v) is 3.84. The van der Waals surface area contributed by atoms with Crippen LogP contribution in [0.5, 0.6) is 17.2 Å². The minimum atomic E-state index is -4.48. The Morgan fingerprint density at radius 2 is 1.75 bits per heavy atom. The Morgan fingerprint density at radius 1 is 1.14 bits per heavy atom. The minimum Gasteiger partial charge on any atom is -0.497 e. The third-order valence-electron chi connectivity index (χ3n) is 3.54. The highest BCUT2D eigenvalue weighted by Gasteiger charge is 2.31. The molecule has 2 rings (SSSR count). The van der Waals surface area contributed by atoms with Crippen LogP contribution >= 0.6 is 11.6 Å². The maximum absolute atomic E-state index is 12.7. The van der Waals surface area contributed by atoms with E-state index in [4.69, 9.17) is 31.5 Å². The maximum atomic E-state index is 12.7. The molecule has 2 N–H and O–H groups in total. The quantitative estimate of drug-likeness (QED) is 0.514. The summed E-state index contributed by atoms with van der Waals surface area (Å²) < 4.78 is 54.2. The topological polar surface area (TPSA) is 70.8 Å². The third kappa shape index (κ3) is 5.82. The molecule has 0 saturated heterocycles. The van der Waals surface area contributed by atoms with Gasteiger partial charge in [-0.15, -0.1) is 0 Å². The van der Waals surface area contributed by atoms with Crippen LogP contribution in [0.3, 0.4) is 0 Å². The SMILES string of the molecule is COC(=CC(N)=O)C(C)Oc1ccc(Oc2ccc(C(F)(F)F)cc2Cl)cc1. The van der Waals surface area contributed by atoms with Gasteiger partial charge in [-0.3, -0.25) is 4.79 Å². The molecule has 0 aliphatic rings. The fourth-order valence-electron chi connectivity index (χ4n) is 2.22. The van der Waals surface area contributed by atoms with Gasteiger partial charge < -0.3 is 19.9 Å². The number of alkyl halides is 3. The summed E-state index contributed by atoms with van der Waals surface area (Å²) in [5, 5.41) is -0.162. The van der Waals surface area contributed by atoms with E-state index < -0.39 is 23.8 Å². The number of methoxy groups -OCH3 is 1. The molecule has 2 aromatic rings. The van der Waals surface area contributed by atoms with Crippen LogP contribution in [0.2, 0.25) is 5.02 Å². The molecule has 2 aromatic carbocycles. The molecule has 0 aliphatic carbocycles. The second kappa shape index (κ2) is 8.88. The first-order valence-corrected chi connectivity index (χ1v) is 8.34. The molecular weight excluding hydrogens is 399 g/mol. The predicted molar refractivity (Wildman–Crippen MR) is 97.3 cm³/mol. The normalized spacial score (nSPS) is 13.0. The van der Waals surface area contributed by atoms with Crippen molar-refractivity contribution >= 4 is 17.5 Å². The van der Waals surface area contributed by atoms with Crippen LogP contribution in [0.25, 0.3) is 0 Å². The first-order chi connectivity index (χ1) is 13.1. The lowest BCUT2D eigenvalue weighted by Gasteiger charge is -2.17. The lowest BCUT2D eigenvalue weighted by Crippen LogP contribution is -2.19. The van der Waals surface area contributed by atoms with Gasteiger partial charge in [0.05, 0.1) is 17.7 Å². The molecule has 1 amide bonds. The summed E-state index contributed by atoms with van der Waals surface area (Å²) >= 11 is 5.87. The van der Waals surface area contributed by atoms with Crippen molar-refractivity contribution in [3.8, 4) is 17.2 Å². The van der Waals surface area contributed by atoms with Gasteiger partial charge in [0.2, 0.25) is 5.91 Å². The predicted octanol–water partition coefficient (Wildman–Crippen LogP) is 4.93. The van der Waals surface area contributed by atoms with Crippen LogP contribution in [-0.2, 0) is 15.7 Å². The highest BCUT2D eigenvalue weighted by molar-refractivity contribution is 6.32. The summed E-state index contributed by atoms with van der Waals surface area (Å²) in [6.45, 7) is 1.67. The molecule has 0 heterocycles. The second-order valence-electron chi connectivity index (χ2n) is 5.63. The molecule has 0 aromatic heterocycles. The molecule has 1 atom stereocenters. The Kier molecular flexibility index (Phi) is 6.80. The summed E-state index contributed by atoms with van der Waals surface area (Å²) in [4.78, 5) is 11.0. The van der Waals surface area contributed by atoms with Crippen molar-refractivity contribution < 1.29 is 32.2 Å². The van der Waals surface area contributed by atoms with Crippen LogP contribution in [0.1, 0.15) is 12.5 Å². The highest BCUT2D eigenvalue weighted by atomic mass is 35.5. The average Bonchev–Trinajstić information content (AvgIpc) is 2.61. The summed E-state index contributed by atoms with van der Waals surface area (Å²) in [6, 6.07) is 9.12. The van der Waals surface area contributed by atoms with Crippen LogP contribution in [0.4, 0.5) is 13.2 Å². The van der Waals surface area contributed by atoms with Crippen molar-refractivity contribution in [3.63, 3.8) is 0 Å². The molecule has 0 radical (unpaired) electrons. The van der Waals surface area contributed by atoms with Crippen LogP contribution in [0, 0.1) is 0 Å². The van der Waals surface area contributed by atoms with Gasteiger partial charge in [0.15, 0.2) is 6.10 Å². The van der Waals surface area contributed by atoms with Crippen molar-refractivity contribution in [1.82, 2.24) is 0 Å². The number of amides is 1. The summed E-state index contributed by atoms with van der Waals surface area (Å²) in [5.41, 5.74) is 4.24. The molecule has 150 valence electrons. The van der Waals surface area contributed by atoms with E-state index in [1.54, 1.807) is 31.2 Å². The molecule has 0 bridgehead atoms. The largest absolute Gasteiger partial charge is 0.497 e. The molecule has 28 heavy (non-hydrogen) atoms. The van der Waals surface area contributed by atoms with E-state index in [9.17, 15) is 18.0 Å². The van der Waals surface area contributed by atoms with E-state index in [0.29, 0.717) is 11.5 Å². The van der Waals surface area contributed by atoms with E-state index in [1.165, 1.54) is 7.11 Å². The zero-order valence-electron chi connectivity index (χ0n) is 14.9. The van der Waals surface area contributed by atoms with Gasteiger partial charge in [-0.1, -0.05) is 11.6 Å². The summed E-state index contributed by atoms with van der Waals surface area (Å²) in [5.74, 6) is 0.476. The van der Waals surface area contributed by atoms with E-state index in [1.807, 2.05) is 0 Å². The minimum absolute atomic E-state index is 0.0859. The fourth-order valence-corrected chi connectivity index (χ4v) is 2.44. The number of halogens is 4. The van der Waals surface area contributed by atoms with Crippen molar-refractivity contribution in [3.05, 3.63) is 64.9 Å². The monoisotopic (exact) mass is 415 g/mol. The molecule has 0 saturated carbocycles. The highest BCUT2D eigenvalue weighted by Crippen LogP contribution is 2.36. The zero-order chi connectivity index (χ0) is 20.9. The Morgan fingerprint density at radius 3 is 2.25 bits per heavy atom. The molecule has 9 heteroatoms. The molecule has 0 aliphatic heterocycles. The smallest absolute Gasteiger partial charge is 0.416 e. The Bertz CT molecular complexity index is 866. The number of ether oxygens (including phenoxy) is 3. The van der Waals surface area contributed by atoms with Crippen molar-refractivity contribution in [2.75, 3.05) is 7.11 Å². The number of benzene rings is 2. The van der Waals surface area contributed by atoms with Crippen molar-refractivity contribution in [2.45, 2.75) is 19.2 Å². The van der Waals surface area contributed by atoms with Gasteiger partial charge in [-0.2, -0.15) is 13.2 Å². The van der Waals surface area contributed by atoms with E-state index in [-0.39, 0.29) is 16.5 Å². The number of primary amides is 1. The summed E-state index contributed by atoms with van der Waals surface area (Å²) in [7, 11) is 1.39. The van der Waals surface area contributed by atoms with Crippen LogP contribution < -0.4 is 15.2 Å². The Balaban J connectivity index is 2.08. The number of hydrogen-bond donors (Lipinski definition) is 1. The van der Waals surface area contributed by atoms with E-state index >= 15 is 0 Å². The number of hydrogen-bond acceptors (Lipinski definition) is 4. The molecule has 1 unspecified atom stereocenters. The Labute approximate surface area is 164 Å². The van der Waals surface area contributed by atoms with Gasteiger partial charge in [0.25, 0.3) is 0 Å². The lowest BCUT2D eigenvalue weighted by atomic mass is 10.2. The number of nitrogens with two attached hydrogens (primary N) is 1. The molecule has 5 nitrogen and oxygen atoms in total. The average molecular weight is 416 g/mol. The van der Waals surface area contributed by atoms with Gasteiger partial charge in [-0.25, -0.2) is 0 Å². The first kappa shape index (κ1) is 21.4. The molecular formula is C19H17ClF3NO4. The van der Waals surface area contributed by atoms with Crippen molar-refractivity contribution in [1.29, 1.82) is 0 Å². The van der Waals surface area contributed by atoms with E-state index in [2.05, 4.69) is 0 Å². The number of rotatable bonds is 7. The van der Waals surface area contributed by atoms with Gasteiger partial charge in [0.1, 0.15) is 23.0 Å². The van der Waals surface area contributed by atoms with Gasteiger partial charge in [0, 0.05) is 6.08 Å². The van der Waals surface area contributed by atoms with Gasteiger partial charge in [-0.05, 0) is 49.4 Å². The Hall–Kier alpha value is -2.87. The fraction of sp³-hybridized carbons (Fsp3) is 0.211. The van der Waals surface area contributed by atoms with Gasteiger partial charge >= 0.3 is 6.18 Å². The molecule has 0 fully saturated rings. The molecule has 0 spiro atoms. The van der Waals surface area contributed by atoms with Crippen LogP contribution in [-0.4, -0.2) is 19.1 Å².